The zero-order valence-electron chi connectivity index (χ0n) is 9.86. The van der Waals surface area contributed by atoms with Gasteiger partial charge in [0, 0.05) is 23.1 Å². The van der Waals surface area contributed by atoms with Crippen LogP contribution in [0.5, 0.6) is 0 Å². The largest absolute Gasteiger partial charge is 0.416 e. The molecule has 0 aliphatic carbocycles. The molecule has 0 amide bonds. The standard InChI is InChI=1S/C14H11BrF3N/c15-13(10-4-2-1-3-5-10)9-12-8-11(6-7-19-12)14(16,17)18/h1-8,13H,9H2. The summed E-state index contributed by atoms with van der Waals surface area (Å²) in [7, 11) is 0. The number of nitrogens with zero attached hydrogens (tertiary/aromatic N) is 1. The minimum absolute atomic E-state index is 0.0512. The van der Waals surface area contributed by atoms with E-state index in [4.69, 9.17) is 0 Å². The van der Waals surface area contributed by atoms with Gasteiger partial charge in [-0.25, -0.2) is 0 Å². The molecule has 0 spiro atoms. The zero-order valence-corrected chi connectivity index (χ0v) is 11.4. The molecule has 1 aromatic carbocycles. The third-order valence-corrected chi connectivity index (χ3v) is 3.55. The third-order valence-electron chi connectivity index (χ3n) is 2.69. The molecule has 0 fully saturated rings. The Balaban J connectivity index is 2.16. The monoisotopic (exact) mass is 329 g/mol. The SMILES string of the molecule is FC(F)(F)c1ccnc(CC(Br)c2ccccc2)c1. The predicted octanol–water partition coefficient (Wildman–Crippen LogP) is 4.78. The van der Waals surface area contributed by atoms with Crippen LogP contribution in [-0.4, -0.2) is 4.98 Å². The van der Waals surface area contributed by atoms with Crippen LogP contribution in [0.3, 0.4) is 0 Å². The summed E-state index contributed by atoms with van der Waals surface area (Å²) in [5, 5.41) is 0. The molecule has 0 bridgehead atoms. The number of halogens is 4. The van der Waals surface area contributed by atoms with E-state index in [9.17, 15) is 13.2 Å². The Bertz CT molecular complexity index is 540. The highest BCUT2D eigenvalue weighted by Gasteiger charge is 2.30. The fourth-order valence-electron chi connectivity index (χ4n) is 1.73. The maximum atomic E-state index is 12.6. The molecule has 2 aromatic rings. The predicted molar refractivity (Wildman–Crippen MR) is 71.1 cm³/mol. The van der Waals surface area contributed by atoms with Crippen LogP contribution in [-0.2, 0) is 12.6 Å². The van der Waals surface area contributed by atoms with Crippen molar-refractivity contribution >= 4 is 15.9 Å². The van der Waals surface area contributed by atoms with Gasteiger partial charge in [0.15, 0.2) is 0 Å². The molecule has 0 aliphatic heterocycles. The van der Waals surface area contributed by atoms with Crippen molar-refractivity contribution < 1.29 is 13.2 Å². The van der Waals surface area contributed by atoms with Crippen LogP contribution in [0.1, 0.15) is 21.6 Å². The number of alkyl halides is 4. The molecule has 100 valence electrons. The van der Waals surface area contributed by atoms with Gasteiger partial charge in [0.2, 0.25) is 0 Å². The van der Waals surface area contributed by atoms with Gasteiger partial charge in [-0.3, -0.25) is 4.98 Å². The fourth-order valence-corrected chi connectivity index (χ4v) is 2.37. The molecule has 2 rings (SSSR count). The van der Waals surface area contributed by atoms with Crippen LogP contribution in [0, 0.1) is 0 Å². The molecule has 0 radical (unpaired) electrons. The van der Waals surface area contributed by atoms with Crippen molar-refractivity contribution in [3.8, 4) is 0 Å². The number of hydrogen-bond acceptors (Lipinski definition) is 1. The van der Waals surface area contributed by atoms with Gasteiger partial charge in [-0.05, 0) is 17.7 Å². The topological polar surface area (TPSA) is 12.9 Å². The molecule has 19 heavy (non-hydrogen) atoms. The Hall–Kier alpha value is -1.36. The lowest BCUT2D eigenvalue weighted by Gasteiger charge is -2.11. The van der Waals surface area contributed by atoms with Crippen molar-refractivity contribution in [3.05, 3.63) is 65.5 Å². The Morgan fingerprint density at radius 2 is 1.79 bits per heavy atom. The number of hydrogen-bond donors (Lipinski definition) is 0. The van der Waals surface area contributed by atoms with Crippen LogP contribution in [0.4, 0.5) is 13.2 Å². The molecule has 1 unspecified atom stereocenters. The van der Waals surface area contributed by atoms with E-state index in [2.05, 4.69) is 20.9 Å². The van der Waals surface area contributed by atoms with Gasteiger partial charge < -0.3 is 0 Å². The van der Waals surface area contributed by atoms with Crippen molar-refractivity contribution in [2.24, 2.45) is 0 Å². The van der Waals surface area contributed by atoms with Crippen LogP contribution >= 0.6 is 15.9 Å². The van der Waals surface area contributed by atoms with E-state index < -0.39 is 11.7 Å². The number of pyridine rings is 1. The molecular weight excluding hydrogens is 319 g/mol. The van der Waals surface area contributed by atoms with Crippen LogP contribution in [0.25, 0.3) is 0 Å². The zero-order chi connectivity index (χ0) is 13.9. The first kappa shape index (κ1) is 14.1. The van der Waals surface area contributed by atoms with Crippen molar-refractivity contribution in [2.45, 2.75) is 17.4 Å². The van der Waals surface area contributed by atoms with E-state index in [0.29, 0.717) is 12.1 Å². The quantitative estimate of drug-likeness (QED) is 0.738. The van der Waals surface area contributed by atoms with Crippen molar-refractivity contribution in [1.82, 2.24) is 4.98 Å². The lowest BCUT2D eigenvalue weighted by molar-refractivity contribution is -0.137. The summed E-state index contributed by atoms with van der Waals surface area (Å²) in [6.45, 7) is 0. The van der Waals surface area contributed by atoms with E-state index in [-0.39, 0.29) is 4.83 Å². The summed E-state index contributed by atoms with van der Waals surface area (Å²) < 4.78 is 37.8. The van der Waals surface area contributed by atoms with Gasteiger partial charge >= 0.3 is 6.18 Å². The van der Waals surface area contributed by atoms with Gasteiger partial charge in [-0.15, -0.1) is 0 Å². The van der Waals surface area contributed by atoms with E-state index in [0.717, 1.165) is 17.7 Å². The minimum Gasteiger partial charge on any atom is -0.261 e. The maximum absolute atomic E-state index is 12.6. The molecule has 1 atom stereocenters. The minimum atomic E-state index is -4.33. The summed E-state index contributed by atoms with van der Waals surface area (Å²) in [5.74, 6) is 0. The number of rotatable bonds is 3. The van der Waals surface area contributed by atoms with Gasteiger partial charge in [0.05, 0.1) is 5.56 Å². The summed E-state index contributed by atoms with van der Waals surface area (Å²) in [5.41, 5.74) is 0.771. The van der Waals surface area contributed by atoms with Gasteiger partial charge in [0.1, 0.15) is 0 Å². The Labute approximate surface area is 117 Å². The summed E-state index contributed by atoms with van der Waals surface area (Å²) in [6.07, 6.45) is -2.72. The first-order chi connectivity index (χ1) is 8.97. The molecule has 1 nitrogen and oxygen atoms in total. The summed E-state index contributed by atoms with van der Waals surface area (Å²) in [6, 6.07) is 11.6. The summed E-state index contributed by atoms with van der Waals surface area (Å²) in [4.78, 5) is 3.94. The third kappa shape index (κ3) is 3.80. The molecule has 5 heteroatoms. The van der Waals surface area contributed by atoms with Gasteiger partial charge in [-0.1, -0.05) is 46.3 Å². The summed E-state index contributed by atoms with van der Waals surface area (Å²) >= 11 is 3.48. The average molecular weight is 330 g/mol. The van der Waals surface area contributed by atoms with E-state index >= 15 is 0 Å². The number of aromatic nitrogens is 1. The highest BCUT2D eigenvalue weighted by molar-refractivity contribution is 9.09. The smallest absolute Gasteiger partial charge is 0.261 e. The maximum Gasteiger partial charge on any atom is 0.416 e. The second-order valence-corrected chi connectivity index (χ2v) is 5.22. The highest BCUT2D eigenvalue weighted by atomic mass is 79.9. The molecule has 0 aliphatic rings. The van der Waals surface area contributed by atoms with Crippen LogP contribution in [0.2, 0.25) is 0 Å². The number of benzene rings is 1. The van der Waals surface area contributed by atoms with E-state index in [1.54, 1.807) is 0 Å². The lowest BCUT2D eigenvalue weighted by Crippen LogP contribution is -2.07. The molecule has 0 saturated heterocycles. The Morgan fingerprint density at radius 3 is 2.42 bits per heavy atom. The van der Waals surface area contributed by atoms with Crippen molar-refractivity contribution in [2.75, 3.05) is 0 Å². The molecule has 0 saturated carbocycles. The molecule has 0 N–H and O–H groups in total. The lowest BCUT2D eigenvalue weighted by atomic mass is 10.1. The van der Waals surface area contributed by atoms with E-state index in [1.165, 1.54) is 6.20 Å². The molecular formula is C14H11BrF3N. The first-order valence-corrected chi connectivity index (χ1v) is 6.59. The van der Waals surface area contributed by atoms with Crippen molar-refractivity contribution in [1.29, 1.82) is 0 Å². The second kappa shape index (κ2) is 5.74. The highest BCUT2D eigenvalue weighted by Crippen LogP contribution is 2.31. The Kier molecular flexibility index (Phi) is 4.24. The Morgan fingerprint density at radius 1 is 1.11 bits per heavy atom. The van der Waals surface area contributed by atoms with Gasteiger partial charge in [-0.2, -0.15) is 13.2 Å². The molecule has 1 heterocycles. The van der Waals surface area contributed by atoms with Crippen LogP contribution in [0.15, 0.2) is 48.7 Å². The normalized spacial score (nSPS) is 13.3. The molecule has 1 aromatic heterocycles. The van der Waals surface area contributed by atoms with E-state index in [1.807, 2.05) is 30.3 Å². The second-order valence-electron chi connectivity index (χ2n) is 4.12. The fraction of sp³-hybridized carbons (Fsp3) is 0.214. The van der Waals surface area contributed by atoms with Crippen LogP contribution < -0.4 is 0 Å². The first-order valence-electron chi connectivity index (χ1n) is 5.68. The average Bonchev–Trinajstić information content (AvgIpc) is 2.39. The van der Waals surface area contributed by atoms with Gasteiger partial charge in [0.25, 0.3) is 0 Å². The van der Waals surface area contributed by atoms with Crippen molar-refractivity contribution in [3.63, 3.8) is 0 Å².